The number of halogens is 3. The van der Waals surface area contributed by atoms with Crippen LogP contribution in [0.1, 0.15) is 18.9 Å². The van der Waals surface area contributed by atoms with Gasteiger partial charge in [-0.3, -0.25) is 4.90 Å². The molecule has 0 aliphatic carbocycles. The van der Waals surface area contributed by atoms with Crippen LogP contribution in [-0.2, 0) is 6.54 Å². The van der Waals surface area contributed by atoms with Crippen molar-refractivity contribution in [1.29, 1.82) is 0 Å². The fraction of sp³-hybridized carbons (Fsp3) is 0.538. The molecule has 102 valence electrons. The Morgan fingerprint density at radius 2 is 1.83 bits per heavy atom. The van der Waals surface area contributed by atoms with E-state index in [1.165, 1.54) is 4.90 Å². The van der Waals surface area contributed by atoms with Crippen molar-refractivity contribution in [2.75, 3.05) is 13.1 Å². The molecule has 0 bridgehead atoms. The minimum Gasteiger partial charge on any atom is -0.329 e. The van der Waals surface area contributed by atoms with Crippen molar-refractivity contribution in [2.45, 2.75) is 32.1 Å². The third kappa shape index (κ3) is 4.31. The van der Waals surface area contributed by atoms with Crippen LogP contribution in [0.25, 0.3) is 0 Å². The topological polar surface area (TPSA) is 29.3 Å². The maximum Gasteiger partial charge on any atom is 0.405 e. The minimum absolute atomic E-state index is 0.274. The summed E-state index contributed by atoms with van der Waals surface area (Å²) >= 11 is 0. The summed E-state index contributed by atoms with van der Waals surface area (Å²) in [7, 11) is 0. The first-order chi connectivity index (χ1) is 8.49. The summed E-state index contributed by atoms with van der Waals surface area (Å²) in [5, 5.41) is 0. The molecule has 0 aromatic heterocycles. The average molecular weight is 260 g/mol. The van der Waals surface area contributed by atoms with Gasteiger partial charge in [0.1, 0.15) is 6.04 Å². The maximum absolute atomic E-state index is 12.9. The third-order valence-corrected chi connectivity index (χ3v) is 2.78. The Labute approximate surface area is 106 Å². The van der Waals surface area contributed by atoms with Crippen LogP contribution in [0.4, 0.5) is 13.2 Å². The predicted molar refractivity (Wildman–Crippen MR) is 66.0 cm³/mol. The van der Waals surface area contributed by atoms with Gasteiger partial charge in [0.2, 0.25) is 0 Å². The molecule has 18 heavy (non-hydrogen) atoms. The van der Waals surface area contributed by atoms with Crippen molar-refractivity contribution in [3.05, 3.63) is 35.9 Å². The third-order valence-electron chi connectivity index (χ3n) is 2.78. The lowest BCUT2D eigenvalue weighted by molar-refractivity contribution is -0.182. The Bertz CT molecular complexity index is 338. The first-order valence-electron chi connectivity index (χ1n) is 6.03. The Balaban J connectivity index is 2.81. The van der Waals surface area contributed by atoms with E-state index in [-0.39, 0.29) is 6.54 Å². The molecule has 0 saturated carbocycles. The summed E-state index contributed by atoms with van der Waals surface area (Å²) < 4.78 is 38.6. The molecule has 1 atom stereocenters. The second kappa shape index (κ2) is 6.75. The molecule has 0 aliphatic heterocycles. The number of nitrogens with zero attached hydrogens (tertiary/aromatic N) is 1. The lowest BCUT2D eigenvalue weighted by Crippen LogP contribution is -2.50. The number of benzene rings is 1. The van der Waals surface area contributed by atoms with Gasteiger partial charge in [-0.2, -0.15) is 13.2 Å². The molecule has 2 N–H and O–H groups in total. The maximum atomic E-state index is 12.9. The van der Waals surface area contributed by atoms with Gasteiger partial charge in [0.25, 0.3) is 0 Å². The van der Waals surface area contributed by atoms with Crippen LogP contribution in [0, 0.1) is 0 Å². The summed E-state index contributed by atoms with van der Waals surface area (Å²) in [5.41, 5.74) is 6.15. The van der Waals surface area contributed by atoms with Crippen molar-refractivity contribution >= 4 is 0 Å². The van der Waals surface area contributed by atoms with E-state index in [0.29, 0.717) is 13.0 Å². The molecule has 1 rings (SSSR count). The Kier molecular flexibility index (Phi) is 5.62. The fourth-order valence-corrected chi connectivity index (χ4v) is 1.94. The van der Waals surface area contributed by atoms with E-state index in [2.05, 4.69) is 0 Å². The molecule has 0 radical (unpaired) electrons. The zero-order chi connectivity index (χ0) is 13.6. The molecule has 1 unspecified atom stereocenters. The van der Waals surface area contributed by atoms with Crippen LogP contribution in [0.15, 0.2) is 30.3 Å². The lowest BCUT2D eigenvalue weighted by Gasteiger charge is -2.32. The van der Waals surface area contributed by atoms with Crippen LogP contribution in [0.5, 0.6) is 0 Å². The largest absolute Gasteiger partial charge is 0.405 e. The standard InChI is InChI=1S/C13H19F3N2/c1-2-8-18(12(9-17)13(14,15)16)10-11-6-4-3-5-7-11/h3-7,12H,2,8-10,17H2,1H3. The molecule has 1 aromatic carbocycles. The van der Waals surface area contributed by atoms with Gasteiger partial charge in [-0.25, -0.2) is 0 Å². The van der Waals surface area contributed by atoms with Gasteiger partial charge in [0, 0.05) is 13.1 Å². The SMILES string of the molecule is CCCN(Cc1ccccc1)C(CN)C(F)(F)F. The van der Waals surface area contributed by atoms with E-state index < -0.39 is 18.8 Å². The minimum atomic E-state index is -4.28. The van der Waals surface area contributed by atoms with Crippen molar-refractivity contribution in [3.63, 3.8) is 0 Å². The highest BCUT2D eigenvalue weighted by Crippen LogP contribution is 2.25. The number of alkyl halides is 3. The highest BCUT2D eigenvalue weighted by atomic mass is 19.4. The normalized spacial score (nSPS) is 13.9. The smallest absolute Gasteiger partial charge is 0.329 e. The summed E-state index contributed by atoms with van der Waals surface area (Å²) in [6.45, 7) is 2.12. The van der Waals surface area contributed by atoms with Crippen molar-refractivity contribution in [2.24, 2.45) is 5.73 Å². The van der Waals surface area contributed by atoms with Gasteiger partial charge in [-0.1, -0.05) is 37.3 Å². The first-order valence-corrected chi connectivity index (χ1v) is 6.03. The summed E-state index contributed by atoms with van der Waals surface area (Å²) in [4.78, 5) is 1.40. The molecule has 0 amide bonds. The quantitative estimate of drug-likeness (QED) is 0.852. The van der Waals surface area contributed by atoms with Gasteiger partial charge in [0.05, 0.1) is 0 Å². The van der Waals surface area contributed by atoms with E-state index in [4.69, 9.17) is 5.73 Å². The molecule has 0 saturated heterocycles. The van der Waals surface area contributed by atoms with Crippen molar-refractivity contribution in [1.82, 2.24) is 4.90 Å². The zero-order valence-corrected chi connectivity index (χ0v) is 10.5. The Hall–Kier alpha value is -1.07. The van der Waals surface area contributed by atoms with Gasteiger partial charge < -0.3 is 5.73 Å². The molecule has 0 fully saturated rings. The molecular weight excluding hydrogens is 241 g/mol. The van der Waals surface area contributed by atoms with E-state index in [1.54, 1.807) is 0 Å². The summed E-state index contributed by atoms with van der Waals surface area (Å²) in [6, 6.07) is 7.57. The van der Waals surface area contributed by atoms with Gasteiger partial charge in [0.15, 0.2) is 0 Å². The zero-order valence-electron chi connectivity index (χ0n) is 10.5. The van der Waals surface area contributed by atoms with E-state index >= 15 is 0 Å². The molecule has 0 aliphatic rings. The van der Waals surface area contributed by atoms with Gasteiger partial charge in [-0.15, -0.1) is 0 Å². The second-order valence-corrected chi connectivity index (χ2v) is 4.25. The number of hydrogen-bond donors (Lipinski definition) is 1. The van der Waals surface area contributed by atoms with E-state index in [9.17, 15) is 13.2 Å². The molecule has 0 spiro atoms. The van der Waals surface area contributed by atoms with Gasteiger partial charge in [-0.05, 0) is 18.5 Å². The van der Waals surface area contributed by atoms with Crippen LogP contribution < -0.4 is 5.73 Å². The van der Waals surface area contributed by atoms with E-state index in [0.717, 1.165) is 5.56 Å². The molecular formula is C13H19F3N2. The number of hydrogen-bond acceptors (Lipinski definition) is 2. The van der Waals surface area contributed by atoms with Crippen molar-refractivity contribution < 1.29 is 13.2 Å². The van der Waals surface area contributed by atoms with Crippen LogP contribution in [0.2, 0.25) is 0 Å². The summed E-state index contributed by atoms with van der Waals surface area (Å²) in [5.74, 6) is 0. The Morgan fingerprint density at radius 1 is 1.22 bits per heavy atom. The van der Waals surface area contributed by atoms with Crippen LogP contribution in [-0.4, -0.2) is 30.2 Å². The highest BCUT2D eigenvalue weighted by molar-refractivity contribution is 5.14. The average Bonchev–Trinajstić information content (AvgIpc) is 2.29. The molecule has 2 nitrogen and oxygen atoms in total. The van der Waals surface area contributed by atoms with Crippen molar-refractivity contribution in [3.8, 4) is 0 Å². The first kappa shape index (κ1) is 15.0. The second-order valence-electron chi connectivity index (χ2n) is 4.25. The van der Waals surface area contributed by atoms with Crippen LogP contribution in [0.3, 0.4) is 0 Å². The lowest BCUT2D eigenvalue weighted by atomic mass is 10.1. The Morgan fingerprint density at radius 3 is 2.28 bits per heavy atom. The summed E-state index contributed by atoms with van der Waals surface area (Å²) in [6.07, 6.45) is -3.61. The predicted octanol–water partition coefficient (Wildman–Crippen LogP) is 2.79. The van der Waals surface area contributed by atoms with Crippen LogP contribution >= 0.6 is 0 Å². The molecule has 1 aromatic rings. The highest BCUT2D eigenvalue weighted by Gasteiger charge is 2.42. The monoisotopic (exact) mass is 260 g/mol. The van der Waals surface area contributed by atoms with Gasteiger partial charge >= 0.3 is 6.18 Å². The molecule has 5 heteroatoms. The fourth-order valence-electron chi connectivity index (χ4n) is 1.94. The number of nitrogens with two attached hydrogens (primary N) is 1. The number of rotatable bonds is 6. The van der Waals surface area contributed by atoms with E-state index in [1.807, 2.05) is 37.3 Å². The molecule has 0 heterocycles.